The molecule has 2 aromatic carbocycles. The van der Waals surface area contributed by atoms with Crippen LogP contribution in [0.5, 0.6) is 0 Å². The fraction of sp³-hybridized carbons (Fsp3) is 0.440. The van der Waals surface area contributed by atoms with Crippen molar-refractivity contribution < 1.29 is 32.6 Å². The monoisotopic (exact) mass is 476 g/mol. The average molecular weight is 476 g/mol. The maximum Gasteiger partial charge on any atom is 0.490 e. The molecule has 9 heteroatoms. The number of anilines is 1. The molecule has 3 heterocycles. The van der Waals surface area contributed by atoms with Gasteiger partial charge in [-0.05, 0) is 61.7 Å². The number of aliphatic carboxylic acids is 1. The van der Waals surface area contributed by atoms with E-state index in [0.717, 1.165) is 48.5 Å². The fourth-order valence-electron chi connectivity index (χ4n) is 5.14. The van der Waals surface area contributed by atoms with Gasteiger partial charge in [0.05, 0.1) is 13.2 Å². The SMILES string of the molecule is CC(=O)c1cc(C)ccc1-c1cc2c3c(c1)[C@@H]1CNCC[C@@H]1N3CCOC2.O=C(O)C(F)(F)F. The Morgan fingerprint density at radius 1 is 1.21 bits per heavy atom. The van der Waals surface area contributed by atoms with Crippen molar-refractivity contribution in [2.75, 3.05) is 31.1 Å². The molecule has 6 nitrogen and oxygen atoms in total. The number of hydrogen-bond acceptors (Lipinski definition) is 5. The Balaban J connectivity index is 0.000000344. The first-order chi connectivity index (χ1) is 16.1. The lowest BCUT2D eigenvalue weighted by Crippen LogP contribution is -2.44. The summed E-state index contributed by atoms with van der Waals surface area (Å²) >= 11 is 0. The van der Waals surface area contributed by atoms with E-state index in [0.29, 0.717) is 18.6 Å². The van der Waals surface area contributed by atoms with Crippen LogP contribution in [0.3, 0.4) is 0 Å². The van der Waals surface area contributed by atoms with Crippen molar-refractivity contribution >= 4 is 17.4 Å². The summed E-state index contributed by atoms with van der Waals surface area (Å²) in [7, 11) is 0. The van der Waals surface area contributed by atoms with Gasteiger partial charge in [-0.2, -0.15) is 13.2 Å². The molecular formula is C25H27F3N2O4. The van der Waals surface area contributed by atoms with Crippen molar-refractivity contribution in [1.82, 2.24) is 5.32 Å². The maximum absolute atomic E-state index is 12.3. The Morgan fingerprint density at radius 3 is 2.62 bits per heavy atom. The van der Waals surface area contributed by atoms with E-state index in [1.54, 1.807) is 6.92 Å². The van der Waals surface area contributed by atoms with Crippen LogP contribution in [-0.4, -0.2) is 55.3 Å². The van der Waals surface area contributed by atoms with Crippen LogP contribution >= 0.6 is 0 Å². The maximum atomic E-state index is 12.3. The average Bonchev–Trinajstić information content (AvgIpc) is 2.94. The molecule has 3 aliphatic heterocycles. The second-order valence-corrected chi connectivity index (χ2v) is 8.89. The van der Waals surface area contributed by atoms with Crippen molar-refractivity contribution in [3.05, 3.63) is 52.6 Å². The number of carboxylic acids is 1. The summed E-state index contributed by atoms with van der Waals surface area (Å²) in [6, 6.07) is 11.4. The normalized spacial score (nSPS) is 21.0. The number of piperidine rings is 1. The highest BCUT2D eigenvalue weighted by Crippen LogP contribution is 2.48. The van der Waals surface area contributed by atoms with Crippen molar-refractivity contribution in [3.63, 3.8) is 0 Å². The number of hydrogen-bond donors (Lipinski definition) is 2. The Bertz CT molecular complexity index is 1120. The Labute approximate surface area is 195 Å². The van der Waals surface area contributed by atoms with Crippen LogP contribution in [0.15, 0.2) is 30.3 Å². The first-order valence-corrected chi connectivity index (χ1v) is 11.2. The first kappa shape index (κ1) is 24.2. The van der Waals surface area contributed by atoms with E-state index in [1.165, 1.54) is 23.2 Å². The van der Waals surface area contributed by atoms with Gasteiger partial charge in [-0.15, -0.1) is 0 Å². The zero-order valence-corrected chi connectivity index (χ0v) is 19.0. The van der Waals surface area contributed by atoms with Crippen LogP contribution in [0.1, 0.15) is 46.3 Å². The summed E-state index contributed by atoms with van der Waals surface area (Å²) < 4.78 is 37.7. The van der Waals surface area contributed by atoms with Gasteiger partial charge in [-0.25, -0.2) is 4.79 Å². The number of carbonyl (C=O) groups is 2. The fourth-order valence-corrected chi connectivity index (χ4v) is 5.14. The lowest BCUT2D eigenvalue weighted by Gasteiger charge is -2.33. The second kappa shape index (κ2) is 9.38. The zero-order valence-electron chi connectivity index (χ0n) is 19.0. The predicted molar refractivity (Wildman–Crippen MR) is 121 cm³/mol. The number of aryl methyl sites for hydroxylation is 1. The number of nitrogens with one attached hydrogen (secondary N) is 1. The molecule has 1 saturated heterocycles. The third-order valence-electron chi connectivity index (χ3n) is 6.59. The highest BCUT2D eigenvalue weighted by Gasteiger charge is 2.42. The molecule has 0 amide bonds. The molecule has 0 radical (unpaired) electrons. The molecule has 0 aromatic heterocycles. The number of Topliss-reactive ketones (excluding diaryl/α,β-unsaturated/α-hetero) is 1. The Morgan fingerprint density at radius 2 is 1.94 bits per heavy atom. The van der Waals surface area contributed by atoms with E-state index in [9.17, 15) is 18.0 Å². The molecule has 2 N–H and O–H groups in total. The van der Waals surface area contributed by atoms with Crippen molar-refractivity contribution in [2.24, 2.45) is 0 Å². The molecule has 0 unspecified atom stereocenters. The van der Waals surface area contributed by atoms with Gasteiger partial charge in [-0.1, -0.05) is 17.7 Å². The van der Waals surface area contributed by atoms with Gasteiger partial charge in [0.25, 0.3) is 0 Å². The van der Waals surface area contributed by atoms with Gasteiger partial charge in [0, 0.05) is 41.9 Å². The number of ether oxygens (including phenoxy) is 1. The highest BCUT2D eigenvalue weighted by molar-refractivity contribution is 6.01. The lowest BCUT2D eigenvalue weighted by atomic mass is 9.86. The van der Waals surface area contributed by atoms with Gasteiger partial charge in [-0.3, -0.25) is 4.79 Å². The Hall–Kier alpha value is -2.91. The van der Waals surface area contributed by atoms with Crippen LogP contribution in [0.25, 0.3) is 11.1 Å². The minimum absolute atomic E-state index is 0.121. The third-order valence-corrected chi connectivity index (χ3v) is 6.59. The van der Waals surface area contributed by atoms with Crippen LogP contribution in [0, 0.1) is 6.92 Å². The first-order valence-electron chi connectivity index (χ1n) is 11.2. The van der Waals surface area contributed by atoms with Gasteiger partial charge in [0.15, 0.2) is 5.78 Å². The number of carbonyl (C=O) groups excluding carboxylic acids is 1. The minimum Gasteiger partial charge on any atom is -0.475 e. The van der Waals surface area contributed by atoms with Crippen molar-refractivity contribution in [2.45, 2.75) is 45.0 Å². The number of nitrogens with zero attached hydrogens (tertiary/aromatic N) is 1. The molecule has 0 saturated carbocycles. The molecule has 0 bridgehead atoms. The van der Waals surface area contributed by atoms with Crippen LogP contribution in [0.4, 0.5) is 18.9 Å². The third kappa shape index (κ3) is 4.67. The number of fused-ring (bicyclic) bond motifs is 3. The summed E-state index contributed by atoms with van der Waals surface area (Å²) in [4.78, 5) is 23.8. The largest absolute Gasteiger partial charge is 0.490 e. The zero-order chi connectivity index (χ0) is 24.6. The second-order valence-electron chi connectivity index (χ2n) is 8.89. The predicted octanol–water partition coefficient (Wildman–Crippen LogP) is 4.29. The van der Waals surface area contributed by atoms with E-state index in [4.69, 9.17) is 14.6 Å². The van der Waals surface area contributed by atoms with E-state index >= 15 is 0 Å². The van der Waals surface area contributed by atoms with Crippen LogP contribution in [0.2, 0.25) is 0 Å². The van der Waals surface area contributed by atoms with E-state index in [1.807, 2.05) is 13.0 Å². The number of alkyl halides is 3. The van der Waals surface area contributed by atoms with Crippen molar-refractivity contribution in [1.29, 1.82) is 0 Å². The topological polar surface area (TPSA) is 78.9 Å². The molecule has 1 fully saturated rings. The summed E-state index contributed by atoms with van der Waals surface area (Å²) in [5.74, 6) is -2.11. The van der Waals surface area contributed by atoms with Crippen molar-refractivity contribution in [3.8, 4) is 11.1 Å². The standard InChI is InChI=1S/C23H26N2O2.C2HF3O2/c1-14-3-4-18(19(9-14)15(2)26)16-10-17-13-27-8-7-25-22-5-6-24-12-21(22)20(11-16)23(17)25;3-2(4,5)1(6)7/h3-4,9-11,21-22,24H,5-8,12-13H2,1-2H3;(H,6,7)/t21-,22-;/m0./s1. The minimum atomic E-state index is -5.08. The van der Waals surface area contributed by atoms with E-state index in [-0.39, 0.29) is 5.78 Å². The molecular weight excluding hydrogens is 449 g/mol. The van der Waals surface area contributed by atoms with E-state index in [2.05, 4.69) is 34.5 Å². The summed E-state index contributed by atoms with van der Waals surface area (Å²) in [5, 5.41) is 10.7. The molecule has 182 valence electrons. The van der Waals surface area contributed by atoms with Crippen LogP contribution in [-0.2, 0) is 16.1 Å². The molecule has 34 heavy (non-hydrogen) atoms. The number of halogens is 3. The van der Waals surface area contributed by atoms with Gasteiger partial charge in [0.2, 0.25) is 0 Å². The number of rotatable bonds is 2. The van der Waals surface area contributed by atoms with Gasteiger partial charge in [0.1, 0.15) is 0 Å². The summed E-state index contributed by atoms with van der Waals surface area (Å²) in [5.41, 5.74) is 8.20. The smallest absolute Gasteiger partial charge is 0.475 e. The number of benzene rings is 2. The molecule has 5 rings (SSSR count). The lowest BCUT2D eigenvalue weighted by molar-refractivity contribution is -0.192. The molecule has 2 atom stereocenters. The number of carboxylic acid groups (broad SMARTS) is 1. The van der Waals surface area contributed by atoms with Gasteiger partial charge < -0.3 is 20.1 Å². The van der Waals surface area contributed by atoms with Gasteiger partial charge >= 0.3 is 12.1 Å². The summed E-state index contributed by atoms with van der Waals surface area (Å²) in [6.45, 7) is 8.23. The quantitative estimate of drug-likeness (QED) is 0.630. The highest BCUT2D eigenvalue weighted by atomic mass is 19.4. The number of ketones is 1. The molecule has 0 spiro atoms. The molecule has 2 aromatic rings. The molecule has 3 aliphatic rings. The van der Waals surface area contributed by atoms with E-state index < -0.39 is 12.1 Å². The Kier molecular flexibility index (Phi) is 6.69. The molecule has 0 aliphatic carbocycles. The summed E-state index contributed by atoms with van der Waals surface area (Å²) in [6.07, 6.45) is -3.91. The van der Waals surface area contributed by atoms with Crippen LogP contribution < -0.4 is 10.2 Å².